The third kappa shape index (κ3) is 4.32. The molecule has 0 radical (unpaired) electrons. The minimum Gasteiger partial charge on any atom is -0.379 e. The van der Waals surface area contributed by atoms with Crippen LogP contribution in [-0.4, -0.2) is 36.2 Å². The lowest BCUT2D eigenvalue weighted by atomic mass is 9.95. The summed E-state index contributed by atoms with van der Waals surface area (Å²) in [7, 11) is 0. The Balaban J connectivity index is 2.10. The predicted octanol–water partition coefficient (Wildman–Crippen LogP) is 2.86. The van der Waals surface area contributed by atoms with Gasteiger partial charge >= 0.3 is 0 Å². The summed E-state index contributed by atoms with van der Waals surface area (Å²) in [5, 5.41) is 6.51. The molecule has 5 nitrogen and oxygen atoms in total. The molecule has 2 N–H and O–H groups in total. The van der Waals surface area contributed by atoms with Gasteiger partial charge in [0.15, 0.2) is 0 Å². The Labute approximate surface area is 130 Å². The highest BCUT2D eigenvalue weighted by molar-refractivity contribution is 6.33. The van der Waals surface area contributed by atoms with Crippen molar-refractivity contribution in [2.45, 2.75) is 38.6 Å². The van der Waals surface area contributed by atoms with Crippen molar-refractivity contribution in [3.63, 3.8) is 0 Å². The number of amides is 1. The van der Waals surface area contributed by atoms with E-state index in [9.17, 15) is 4.79 Å². The second-order valence-corrected chi connectivity index (χ2v) is 6.03. The molecule has 0 saturated carbocycles. The maximum Gasteiger partial charge on any atom is 0.272 e. The number of rotatable bonds is 5. The zero-order chi connectivity index (χ0) is 15.3. The second kappa shape index (κ2) is 7.09. The number of carbonyl (C=O) groups excluding carboxylic acids is 1. The van der Waals surface area contributed by atoms with Crippen LogP contribution in [0.25, 0.3) is 0 Å². The summed E-state index contributed by atoms with van der Waals surface area (Å²) < 4.78 is 5.45. The maximum absolute atomic E-state index is 12.4. The summed E-state index contributed by atoms with van der Waals surface area (Å²) in [5.74, 6) is 0.407. The van der Waals surface area contributed by atoms with Crippen LogP contribution in [0.1, 0.15) is 43.6 Å². The summed E-state index contributed by atoms with van der Waals surface area (Å²) in [6.07, 6.45) is 2.82. The van der Waals surface area contributed by atoms with Gasteiger partial charge in [-0.05, 0) is 38.3 Å². The van der Waals surface area contributed by atoms with Crippen LogP contribution in [0.4, 0.5) is 5.82 Å². The molecular weight excluding hydrogens is 290 g/mol. The zero-order valence-corrected chi connectivity index (χ0v) is 13.3. The molecule has 1 saturated heterocycles. The van der Waals surface area contributed by atoms with Crippen molar-refractivity contribution < 1.29 is 9.53 Å². The highest BCUT2D eigenvalue weighted by atomic mass is 35.5. The molecule has 1 unspecified atom stereocenters. The summed E-state index contributed by atoms with van der Waals surface area (Å²) >= 11 is 6.11. The first-order valence-electron chi connectivity index (χ1n) is 7.35. The Morgan fingerprint density at radius 1 is 1.52 bits per heavy atom. The molecule has 1 aromatic rings. The zero-order valence-electron chi connectivity index (χ0n) is 12.5. The monoisotopic (exact) mass is 311 g/mol. The third-order valence-electron chi connectivity index (χ3n) is 3.47. The summed E-state index contributed by atoms with van der Waals surface area (Å²) in [5.41, 5.74) is -0.0997. The molecule has 6 heteroatoms. The summed E-state index contributed by atoms with van der Waals surface area (Å²) in [6.45, 7) is 6.13. The summed E-state index contributed by atoms with van der Waals surface area (Å²) in [4.78, 5) is 16.7. The summed E-state index contributed by atoms with van der Waals surface area (Å²) in [6, 6.07) is 3.47. The number of anilines is 1. The number of hydrogen-bond donors (Lipinski definition) is 2. The average Bonchev–Trinajstić information content (AvgIpc) is 2.46. The minimum atomic E-state index is -0.354. The molecule has 1 aliphatic heterocycles. The number of ether oxygens (including phenoxy) is 1. The van der Waals surface area contributed by atoms with E-state index in [0.29, 0.717) is 17.4 Å². The highest BCUT2D eigenvalue weighted by Crippen LogP contribution is 2.21. The quantitative estimate of drug-likeness (QED) is 0.877. The number of aromatic nitrogens is 1. The molecule has 116 valence electrons. The molecule has 0 aliphatic carbocycles. The van der Waals surface area contributed by atoms with E-state index in [1.54, 1.807) is 12.1 Å². The van der Waals surface area contributed by atoms with Gasteiger partial charge in [-0.3, -0.25) is 4.79 Å². The van der Waals surface area contributed by atoms with Crippen molar-refractivity contribution >= 4 is 23.3 Å². The van der Waals surface area contributed by atoms with E-state index in [-0.39, 0.29) is 17.1 Å². The molecule has 21 heavy (non-hydrogen) atoms. The molecule has 2 rings (SSSR count). The van der Waals surface area contributed by atoms with E-state index >= 15 is 0 Å². The van der Waals surface area contributed by atoms with Crippen molar-refractivity contribution in [3.05, 3.63) is 22.8 Å². The average molecular weight is 312 g/mol. The van der Waals surface area contributed by atoms with Crippen molar-refractivity contribution in [1.82, 2.24) is 10.3 Å². The Kier molecular flexibility index (Phi) is 5.42. The van der Waals surface area contributed by atoms with Crippen molar-refractivity contribution in [2.75, 3.05) is 25.1 Å². The van der Waals surface area contributed by atoms with E-state index < -0.39 is 0 Å². The predicted molar refractivity (Wildman–Crippen MR) is 84.0 cm³/mol. The van der Waals surface area contributed by atoms with Crippen LogP contribution in [0.3, 0.4) is 0 Å². The van der Waals surface area contributed by atoms with E-state index in [1.807, 2.05) is 6.92 Å². The van der Waals surface area contributed by atoms with Crippen LogP contribution >= 0.6 is 11.6 Å². The van der Waals surface area contributed by atoms with Gasteiger partial charge in [-0.2, -0.15) is 0 Å². The van der Waals surface area contributed by atoms with Crippen LogP contribution in [0.15, 0.2) is 12.1 Å². The molecular formula is C15H22ClN3O2. The fourth-order valence-corrected chi connectivity index (χ4v) is 2.51. The lowest BCUT2D eigenvalue weighted by Gasteiger charge is -2.34. The SMILES string of the molecule is CCCNc1ccc(Cl)c(C(=O)NC2(C)CCCOC2)n1. The lowest BCUT2D eigenvalue weighted by Crippen LogP contribution is -2.51. The molecule has 2 heterocycles. The van der Waals surface area contributed by atoms with Crippen molar-refractivity contribution in [1.29, 1.82) is 0 Å². The number of pyridine rings is 1. The van der Waals surface area contributed by atoms with Crippen LogP contribution in [-0.2, 0) is 4.74 Å². The van der Waals surface area contributed by atoms with Gasteiger partial charge < -0.3 is 15.4 Å². The van der Waals surface area contributed by atoms with Gasteiger partial charge in [0.05, 0.1) is 17.2 Å². The molecule has 1 fully saturated rings. The third-order valence-corrected chi connectivity index (χ3v) is 3.78. The first kappa shape index (κ1) is 16.0. The topological polar surface area (TPSA) is 63.2 Å². The number of hydrogen-bond acceptors (Lipinski definition) is 4. The first-order valence-corrected chi connectivity index (χ1v) is 7.72. The van der Waals surface area contributed by atoms with E-state index in [1.165, 1.54) is 0 Å². The normalized spacial score (nSPS) is 21.9. The fraction of sp³-hybridized carbons (Fsp3) is 0.600. The number of nitrogens with one attached hydrogen (secondary N) is 2. The highest BCUT2D eigenvalue weighted by Gasteiger charge is 2.30. The molecule has 0 bridgehead atoms. The lowest BCUT2D eigenvalue weighted by molar-refractivity contribution is 0.0271. The van der Waals surface area contributed by atoms with Gasteiger partial charge in [-0.15, -0.1) is 0 Å². The Morgan fingerprint density at radius 2 is 2.33 bits per heavy atom. The van der Waals surface area contributed by atoms with Crippen molar-refractivity contribution in [3.8, 4) is 0 Å². The fourth-order valence-electron chi connectivity index (χ4n) is 2.32. The maximum atomic E-state index is 12.4. The standard InChI is InChI=1S/C15H22ClN3O2/c1-3-8-17-12-6-5-11(16)13(18-12)14(20)19-15(2)7-4-9-21-10-15/h5-6H,3-4,7-10H2,1-2H3,(H,17,18)(H,19,20). The van der Waals surface area contributed by atoms with Gasteiger partial charge in [-0.25, -0.2) is 4.98 Å². The smallest absolute Gasteiger partial charge is 0.272 e. The minimum absolute atomic E-state index is 0.254. The number of nitrogens with zero attached hydrogens (tertiary/aromatic N) is 1. The Bertz CT molecular complexity index is 502. The second-order valence-electron chi connectivity index (χ2n) is 5.62. The van der Waals surface area contributed by atoms with E-state index in [0.717, 1.165) is 32.4 Å². The molecule has 1 amide bonds. The molecule has 1 aliphatic rings. The van der Waals surface area contributed by atoms with E-state index in [2.05, 4.69) is 22.5 Å². The van der Waals surface area contributed by atoms with Crippen molar-refractivity contribution in [2.24, 2.45) is 0 Å². The van der Waals surface area contributed by atoms with Crippen LogP contribution < -0.4 is 10.6 Å². The Morgan fingerprint density at radius 3 is 3.00 bits per heavy atom. The number of carbonyl (C=O) groups is 1. The molecule has 0 aromatic carbocycles. The van der Waals surface area contributed by atoms with Crippen LogP contribution in [0, 0.1) is 0 Å². The van der Waals surface area contributed by atoms with Gasteiger partial charge in [0.1, 0.15) is 11.5 Å². The largest absolute Gasteiger partial charge is 0.379 e. The molecule has 0 spiro atoms. The molecule has 1 aromatic heterocycles. The Hall–Kier alpha value is -1.33. The van der Waals surface area contributed by atoms with Gasteiger partial charge in [0.2, 0.25) is 0 Å². The first-order chi connectivity index (χ1) is 10.0. The van der Waals surface area contributed by atoms with Gasteiger partial charge in [0.25, 0.3) is 5.91 Å². The van der Waals surface area contributed by atoms with Gasteiger partial charge in [-0.1, -0.05) is 18.5 Å². The van der Waals surface area contributed by atoms with Crippen LogP contribution in [0.5, 0.6) is 0 Å². The van der Waals surface area contributed by atoms with E-state index in [4.69, 9.17) is 16.3 Å². The van der Waals surface area contributed by atoms with Crippen LogP contribution in [0.2, 0.25) is 5.02 Å². The number of halogens is 1. The van der Waals surface area contributed by atoms with Gasteiger partial charge in [0, 0.05) is 13.2 Å². The molecule has 1 atom stereocenters.